The highest BCUT2D eigenvalue weighted by molar-refractivity contribution is 9.11. The van der Waals surface area contributed by atoms with Crippen molar-refractivity contribution in [3.8, 4) is 0 Å². The van der Waals surface area contributed by atoms with E-state index in [0.29, 0.717) is 0 Å². The molecule has 0 saturated carbocycles. The Morgan fingerprint density at radius 2 is 2.29 bits per heavy atom. The predicted molar refractivity (Wildman–Crippen MR) is 75.5 cm³/mol. The molecule has 17 heavy (non-hydrogen) atoms. The molecule has 1 saturated heterocycles. The van der Waals surface area contributed by atoms with E-state index in [9.17, 15) is 0 Å². The highest BCUT2D eigenvalue weighted by atomic mass is 79.9. The molecule has 3 nitrogen and oxygen atoms in total. The minimum absolute atomic E-state index is 0.213. The first-order valence-electron chi connectivity index (χ1n) is 5.84. The van der Waals surface area contributed by atoms with Crippen LogP contribution in [0, 0.1) is 5.41 Å². The van der Waals surface area contributed by atoms with Crippen molar-refractivity contribution >= 4 is 27.3 Å². The van der Waals surface area contributed by atoms with Crippen molar-refractivity contribution in [3.63, 3.8) is 0 Å². The van der Waals surface area contributed by atoms with Gasteiger partial charge < -0.3 is 15.4 Å². The van der Waals surface area contributed by atoms with E-state index >= 15 is 0 Å². The number of likely N-dealkylation sites (N-methyl/N-ethyl adjacent to an activating group) is 1. The summed E-state index contributed by atoms with van der Waals surface area (Å²) in [7, 11) is 2.17. The van der Waals surface area contributed by atoms with Gasteiger partial charge in [0, 0.05) is 29.9 Å². The molecule has 0 aromatic carbocycles. The fraction of sp³-hybridized carbons (Fsp3) is 0.667. The van der Waals surface area contributed by atoms with Crippen LogP contribution in [0.1, 0.15) is 4.88 Å². The van der Waals surface area contributed by atoms with Crippen molar-refractivity contribution in [2.45, 2.75) is 6.42 Å². The standard InChI is InChI=1S/C12H19BrN2OS/c1-15(7-12(6-14)8-16-9-12)5-4-10-2-3-11(13)17-10/h2-3H,4-9,14H2,1H3. The van der Waals surface area contributed by atoms with Crippen LogP contribution in [0.4, 0.5) is 0 Å². The van der Waals surface area contributed by atoms with E-state index in [1.54, 1.807) is 0 Å². The van der Waals surface area contributed by atoms with Crippen LogP contribution in [0.25, 0.3) is 0 Å². The lowest BCUT2D eigenvalue weighted by Crippen LogP contribution is -2.54. The summed E-state index contributed by atoms with van der Waals surface area (Å²) in [6.07, 6.45) is 1.11. The zero-order valence-corrected chi connectivity index (χ0v) is 12.5. The summed E-state index contributed by atoms with van der Waals surface area (Å²) in [6.45, 7) is 4.48. The van der Waals surface area contributed by atoms with Crippen LogP contribution >= 0.6 is 27.3 Å². The minimum atomic E-state index is 0.213. The number of nitrogens with two attached hydrogens (primary N) is 1. The Labute approximate surface area is 115 Å². The Morgan fingerprint density at radius 3 is 2.76 bits per heavy atom. The summed E-state index contributed by atoms with van der Waals surface area (Å²) in [5, 5.41) is 0. The third-order valence-corrected chi connectivity index (χ3v) is 4.91. The lowest BCUT2D eigenvalue weighted by atomic mass is 9.85. The average Bonchev–Trinajstić information content (AvgIpc) is 2.67. The zero-order valence-electron chi connectivity index (χ0n) is 10.1. The van der Waals surface area contributed by atoms with Crippen LogP contribution in [-0.4, -0.2) is 44.8 Å². The second kappa shape index (κ2) is 5.80. The lowest BCUT2D eigenvalue weighted by Gasteiger charge is -2.43. The van der Waals surface area contributed by atoms with Crippen LogP contribution in [0.15, 0.2) is 15.9 Å². The molecule has 0 spiro atoms. The van der Waals surface area contributed by atoms with E-state index in [4.69, 9.17) is 10.5 Å². The molecule has 0 aliphatic carbocycles. The smallest absolute Gasteiger partial charge is 0.0701 e. The molecular weight excluding hydrogens is 300 g/mol. The quantitative estimate of drug-likeness (QED) is 0.871. The topological polar surface area (TPSA) is 38.5 Å². The fourth-order valence-corrected chi connectivity index (χ4v) is 3.58. The van der Waals surface area contributed by atoms with E-state index in [1.807, 2.05) is 11.3 Å². The van der Waals surface area contributed by atoms with Crippen LogP contribution in [-0.2, 0) is 11.2 Å². The number of thiophene rings is 1. The van der Waals surface area contributed by atoms with E-state index in [2.05, 4.69) is 40.0 Å². The summed E-state index contributed by atoms with van der Waals surface area (Å²) in [5.41, 5.74) is 6.03. The number of hydrogen-bond donors (Lipinski definition) is 1. The number of ether oxygens (including phenoxy) is 1. The predicted octanol–water partition coefficient (Wildman–Crippen LogP) is 1.96. The molecule has 2 N–H and O–H groups in total. The summed E-state index contributed by atoms with van der Waals surface area (Å²) in [6, 6.07) is 4.30. The number of rotatable bonds is 6. The zero-order chi connectivity index (χ0) is 12.3. The highest BCUT2D eigenvalue weighted by Crippen LogP contribution is 2.27. The van der Waals surface area contributed by atoms with Gasteiger partial charge in [0.05, 0.1) is 17.0 Å². The van der Waals surface area contributed by atoms with Crippen molar-refractivity contribution in [1.82, 2.24) is 4.90 Å². The minimum Gasteiger partial charge on any atom is -0.380 e. The van der Waals surface area contributed by atoms with Crippen molar-refractivity contribution in [3.05, 3.63) is 20.8 Å². The van der Waals surface area contributed by atoms with Crippen LogP contribution in [0.3, 0.4) is 0 Å². The first-order chi connectivity index (χ1) is 8.13. The first-order valence-corrected chi connectivity index (χ1v) is 7.45. The second-order valence-electron chi connectivity index (χ2n) is 4.89. The number of hydrogen-bond acceptors (Lipinski definition) is 4. The van der Waals surface area contributed by atoms with E-state index in [0.717, 1.165) is 39.3 Å². The fourth-order valence-electron chi connectivity index (χ4n) is 2.10. The Morgan fingerprint density at radius 1 is 1.53 bits per heavy atom. The Kier molecular flexibility index (Phi) is 4.60. The number of nitrogens with zero attached hydrogens (tertiary/aromatic N) is 1. The molecule has 0 radical (unpaired) electrons. The largest absolute Gasteiger partial charge is 0.380 e. The van der Waals surface area contributed by atoms with Crippen molar-refractivity contribution < 1.29 is 4.74 Å². The lowest BCUT2D eigenvalue weighted by molar-refractivity contribution is -0.117. The molecule has 2 rings (SSSR count). The SMILES string of the molecule is CN(CCc1ccc(Br)s1)CC1(CN)COC1. The van der Waals surface area contributed by atoms with E-state index in [-0.39, 0.29) is 5.41 Å². The van der Waals surface area contributed by atoms with Crippen LogP contribution in [0.5, 0.6) is 0 Å². The van der Waals surface area contributed by atoms with Gasteiger partial charge in [-0.1, -0.05) is 0 Å². The molecule has 96 valence electrons. The molecule has 1 fully saturated rings. The Hall–Kier alpha value is 0.0600. The van der Waals surface area contributed by atoms with Gasteiger partial charge in [0.1, 0.15) is 0 Å². The molecule has 1 aliphatic rings. The highest BCUT2D eigenvalue weighted by Gasteiger charge is 2.37. The monoisotopic (exact) mass is 318 g/mol. The molecule has 1 aromatic rings. The summed E-state index contributed by atoms with van der Waals surface area (Å²) in [4.78, 5) is 3.79. The van der Waals surface area contributed by atoms with Gasteiger partial charge in [-0.15, -0.1) is 11.3 Å². The first kappa shape index (κ1) is 13.5. The molecule has 2 heterocycles. The van der Waals surface area contributed by atoms with Crippen molar-refractivity contribution in [2.24, 2.45) is 11.1 Å². The van der Waals surface area contributed by atoms with E-state index < -0.39 is 0 Å². The van der Waals surface area contributed by atoms with Gasteiger partial charge in [-0.2, -0.15) is 0 Å². The van der Waals surface area contributed by atoms with E-state index in [1.165, 1.54) is 8.66 Å². The Bertz CT molecular complexity index is 360. The average molecular weight is 319 g/mol. The molecule has 0 amide bonds. The van der Waals surface area contributed by atoms with Gasteiger partial charge in [0.15, 0.2) is 0 Å². The van der Waals surface area contributed by atoms with Crippen molar-refractivity contribution in [1.29, 1.82) is 0 Å². The number of halogens is 1. The molecule has 1 aliphatic heterocycles. The molecule has 0 bridgehead atoms. The third-order valence-electron chi connectivity index (χ3n) is 3.22. The second-order valence-corrected chi connectivity index (χ2v) is 7.44. The van der Waals surface area contributed by atoms with Gasteiger partial charge in [-0.3, -0.25) is 0 Å². The maximum atomic E-state index is 5.82. The molecule has 5 heteroatoms. The van der Waals surface area contributed by atoms with Crippen LogP contribution in [0.2, 0.25) is 0 Å². The van der Waals surface area contributed by atoms with Gasteiger partial charge in [-0.05, 0) is 41.5 Å². The van der Waals surface area contributed by atoms with Gasteiger partial charge in [0.2, 0.25) is 0 Å². The summed E-state index contributed by atoms with van der Waals surface area (Å²) >= 11 is 5.31. The molecule has 0 unspecified atom stereocenters. The summed E-state index contributed by atoms with van der Waals surface area (Å²) in [5.74, 6) is 0. The maximum absolute atomic E-state index is 5.82. The normalized spacial score (nSPS) is 18.4. The van der Waals surface area contributed by atoms with Gasteiger partial charge in [-0.25, -0.2) is 0 Å². The molecule has 0 atom stereocenters. The van der Waals surface area contributed by atoms with Gasteiger partial charge in [0.25, 0.3) is 0 Å². The molecule has 1 aromatic heterocycles. The third kappa shape index (κ3) is 3.51. The molecular formula is C12H19BrN2OS. The Balaban J connectivity index is 1.75. The van der Waals surface area contributed by atoms with Crippen molar-refractivity contribution in [2.75, 3.05) is 39.9 Å². The van der Waals surface area contributed by atoms with Crippen LogP contribution < -0.4 is 5.73 Å². The van der Waals surface area contributed by atoms with Gasteiger partial charge >= 0.3 is 0 Å². The maximum Gasteiger partial charge on any atom is 0.0701 e. The summed E-state index contributed by atoms with van der Waals surface area (Å²) < 4.78 is 6.49.